The number of rotatable bonds is 1. The van der Waals surface area contributed by atoms with Gasteiger partial charge in [-0.3, -0.25) is 4.79 Å². The van der Waals surface area contributed by atoms with Crippen LogP contribution in [0.1, 0.15) is 12.8 Å². The summed E-state index contributed by atoms with van der Waals surface area (Å²) in [7, 11) is 0. The lowest BCUT2D eigenvalue weighted by Gasteiger charge is -2.15. The van der Waals surface area contributed by atoms with Crippen molar-refractivity contribution in [2.75, 3.05) is 13.1 Å². The quantitative estimate of drug-likeness (QED) is 0.651. The highest BCUT2D eigenvalue weighted by atomic mass is 16.4. The summed E-state index contributed by atoms with van der Waals surface area (Å²) >= 11 is 0. The van der Waals surface area contributed by atoms with Gasteiger partial charge >= 0.3 is 12.1 Å². The summed E-state index contributed by atoms with van der Waals surface area (Å²) in [5, 5.41) is 17.7. The van der Waals surface area contributed by atoms with Crippen LogP contribution >= 0.6 is 0 Å². The third-order valence-electron chi connectivity index (χ3n) is 3.44. The third-order valence-corrected chi connectivity index (χ3v) is 3.44. The minimum Gasteiger partial charge on any atom is -0.481 e. The normalized spacial score (nSPS) is 35.7. The Morgan fingerprint density at radius 1 is 1.14 bits per heavy atom. The van der Waals surface area contributed by atoms with Crippen LogP contribution in [0.25, 0.3) is 0 Å². The summed E-state index contributed by atoms with van der Waals surface area (Å²) in [4.78, 5) is 22.9. The Kier molecular flexibility index (Phi) is 2.09. The largest absolute Gasteiger partial charge is 0.481 e. The Labute approximate surface area is 81.3 Å². The Bertz CT molecular complexity index is 278. The molecule has 1 aliphatic carbocycles. The van der Waals surface area contributed by atoms with Crippen molar-refractivity contribution in [2.24, 2.45) is 17.8 Å². The van der Waals surface area contributed by atoms with Gasteiger partial charge in [-0.15, -0.1) is 0 Å². The molecule has 0 aromatic heterocycles. The maximum atomic E-state index is 10.9. The van der Waals surface area contributed by atoms with Crippen molar-refractivity contribution in [2.45, 2.75) is 12.8 Å². The van der Waals surface area contributed by atoms with Gasteiger partial charge in [-0.2, -0.15) is 0 Å². The lowest BCUT2D eigenvalue weighted by atomic mass is 9.93. The molecule has 5 nitrogen and oxygen atoms in total. The van der Waals surface area contributed by atoms with Gasteiger partial charge in [0.05, 0.1) is 5.92 Å². The van der Waals surface area contributed by atoms with E-state index in [0.717, 1.165) is 6.42 Å². The minimum absolute atomic E-state index is 0.0450. The van der Waals surface area contributed by atoms with Gasteiger partial charge in [-0.1, -0.05) is 0 Å². The van der Waals surface area contributed by atoms with Crippen molar-refractivity contribution in [3.8, 4) is 0 Å². The van der Waals surface area contributed by atoms with E-state index in [1.54, 1.807) is 0 Å². The van der Waals surface area contributed by atoms with E-state index >= 15 is 0 Å². The zero-order valence-electron chi connectivity index (χ0n) is 7.72. The van der Waals surface area contributed by atoms with Crippen LogP contribution in [0, 0.1) is 17.8 Å². The van der Waals surface area contributed by atoms with Crippen LogP contribution in [0.2, 0.25) is 0 Å². The van der Waals surface area contributed by atoms with Gasteiger partial charge in [0.25, 0.3) is 0 Å². The summed E-state index contributed by atoms with van der Waals surface area (Å²) in [5.74, 6) is -0.787. The second-order valence-corrected chi connectivity index (χ2v) is 4.13. The molecule has 1 amide bonds. The van der Waals surface area contributed by atoms with E-state index in [2.05, 4.69) is 0 Å². The van der Waals surface area contributed by atoms with Crippen LogP contribution in [0.4, 0.5) is 4.79 Å². The Morgan fingerprint density at radius 2 is 1.86 bits per heavy atom. The average molecular weight is 199 g/mol. The van der Waals surface area contributed by atoms with Crippen LogP contribution in [0.3, 0.4) is 0 Å². The minimum atomic E-state index is -0.927. The highest BCUT2D eigenvalue weighted by Crippen LogP contribution is 2.42. The standard InChI is InChI=1S/C9H13NO4/c11-8(12)6-2-1-5-3-10(9(13)14)4-7(5)6/h5-7H,1-4H2,(H,11,12)(H,13,14). The predicted molar refractivity (Wildman–Crippen MR) is 46.9 cm³/mol. The van der Waals surface area contributed by atoms with Gasteiger partial charge < -0.3 is 15.1 Å². The molecule has 3 unspecified atom stereocenters. The first kappa shape index (κ1) is 9.30. The van der Waals surface area contributed by atoms with E-state index in [9.17, 15) is 9.59 Å². The highest BCUT2D eigenvalue weighted by Gasteiger charge is 2.46. The van der Waals surface area contributed by atoms with Gasteiger partial charge in [-0.05, 0) is 24.7 Å². The van der Waals surface area contributed by atoms with Crippen molar-refractivity contribution in [1.82, 2.24) is 4.90 Å². The number of nitrogens with zero attached hydrogens (tertiary/aromatic N) is 1. The van der Waals surface area contributed by atoms with Crippen molar-refractivity contribution in [3.63, 3.8) is 0 Å². The summed E-state index contributed by atoms with van der Waals surface area (Å²) in [6.45, 7) is 0.917. The molecule has 0 bridgehead atoms. The number of hydrogen-bond acceptors (Lipinski definition) is 2. The van der Waals surface area contributed by atoms with Crippen molar-refractivity contribution in [1.29, 1.82) is 0 Å². The van der Waals surface area contributed by atoms with Gasteiger partial charge in [-0.25, -0.2) is 4.79 Å². The molecule has 2 rings (SSSR count). The summed E-state index contributed by atoms with van der Waals surface area (Å²) < 4.78 is 0. The molecule has 2 N–H and O–H groups in total. The summed E-state index contributed by atoms with van der Waals surface area (Å²) in [6, 6.07) is 0. The van der Waals surface area contributed by atoms with E-state index in [4.69, 9.17) is 10.2 Å². The number of carbonyl (C=O) groups is 2. The molecule has 1 saturated heterocycles. The molecule has 1 heterocycles. The fourth-order valence-electron chi connectivity index (χ4n) is 2.73. The van der Waals surface area contributed by atoms with Gasteiger partial charge in [0.15, 0.2) is 0 Å². The molecule has 78 valence electrons. The highest BCUT2D eigenvalue weighted by molar-refractivity contribution is 5.71. The van der Waals surface area contributed by atoms with Crippen molar-refractivity contribution >= 4 is 12.1 Å². The Hall–Kier alpha value is -1.26. The third kappa shape index (κ3) is 1.32. The molecule has 1 saturated carbocycles. The fraction of sp³-hybridized carbons (Fsp3) is 0.778. The molecule has 2 fully saturated rings. The SMILES string of the molecule is O=C(O)C1CCC2CN(C(=O)O)CC21. The number of hydrogen-bond donors (Lipinski definition) is 2. The molecular formula is C9H13NO4. The van der Waals surface area contributed by atoms with Gasteiger partial charge in [0.1, 0.15) is 0 Å². The van der Waals surface area contributed by atoms with E-state index < -0.39 is 12.1 Å². The number of aliphatic carboxylic acids is 1. The monoisotopic (exact) mass is 199 g/mol. The molecule has 0 aromatic carbocycles. The Morgan fingerprint density at radius 3 is 2.43 bits per heavy atom. The molecule has 14 heavy (non-hydrogen) atoms. The molecule has 2 aliphatic rings. The maximum Gasteiger partial charge on any atom is 0.407 e. The van der Waals surface area contributed by atoms with Crippen LogP contribution in [0.15, 0.2) is 0 Å². The number of carboxylic acids is 1. The number of likely N-dealkylation sites (tertiary alicyclic amines) is 1. The van der Waals surface area contributed by atoms with Crippen molar-refractivity contribution < 1.29 is 19.8 Å². The maximum absolute atomic E-state index is 10.9. The lowest BCUT2D eigenvalue weighted by molar-refractivity contribution is -0.143. The molecule has 0 spiro atoms. The van der Waals surface area contributed by atoms with E-state index in [-0.39, 0.29) is 17.8 Å². The first-order chi connectivity index (χ1) is 6.59. The second kappa shape index (κ2) is 3.15. The van der Waals surface area contributed by atoms with E-state index in [1.807, 2.05) is 0 Å². The zero-order valence-corrected chi connectivity index (χ0v) is 7.72. The molecule has 0 aromatic rings. The predicted octanol–water partition coefficient (Wildman–Crippen LogP) is 0.707. The lowest BCUT2D eigenvalue weighted by Crippen LogP contribution is -2.29. The number of amides is 1. The molecular weight excluding hydrogens is 186 g/mol. The first-order valence-electron chi connectivity index (χ1n) is 4.80. The molecule has 1 aliphatic heterocycles. The first-order valence-corrected chi connectivity index (χ1v) is 4.80. The average Bonchev–Trinajstić information content (AvgIpc) is 2.58. The fourth-order valence-corrected chi connectivity index (χ4v) is 2.73. The molecule has 0 radical (unpaired) electrons. The van der Waals surface area contributed by atoms with E-state index in [0.29, 0.717) is 19.5 Å². The van der Waals surface area contributed by atoms with Gasteiger partial charge in [0.2, 0.25) is 0 Å². The number of carboxylic acid groups (broad SMARTS) is 2. The second-order valence-electron chi connectivity index (χ2n) is 4.13. The topological polar surface area (TPSA) is 77.8 Å². The van der Waals surface area contributed by atoms with Crippen LogP contribution in [0.5, 0.6) is 0 Å². The van der Waals surface area contributed by atoms with Crippen molar-refractivity contribution in [3.05, 3.63) is 0 Å². The Balaban J connectivity index is 2.06. The number of fused-ring (bicyclic) bond motifs is 1. The molecule has 3 atom stereocenters. The zero-order chi connectivity index (χ0) is 10.3. The van der Waals surface area contributed by atoms with Gasteiger partial charge in [0, 0.05) is 13.1 Å². The molecule has 5 heteroatoms. The summed E-state index contributed by atoms with van der Waals surface area (Å²) in [5.41, 5.74) is 0. The van der Waals surface area contributed by atoms with Crippen LogP contribution < -0.4 is 0 Å². The van der Waals surface area contributed by atoms with Crippen LogP contribution in [-0.4, -0.2) is 40.3 Å². The van der Waals surface area contributed by atoms with Crippen LogP contribution in [-0.2, 0) is 4.79 Å². The summed E-state index contributed by atoms with van der Waals surface area (Å²) in [6.07, 6.45) is 0.632. The van der Waals surface area contributed by atoms with E-state index in [1.165, 1.54) is 4.90 Å². The smallest absolute Gasteiger partial charge is 0.407 e.